The fourth-order valence-corrected chi connectivity index (χ4v) is 1.56. The van der Waals surface area contributed by atoms with Crippen LogP contribution in [0.3, 0.4) is 0 Å². The van der Waals surface area contributed by atoms with Crippen molar-refractivity contribution in [1.29, 1.82) is 0 Å². The smallest absolute Gasteiger partial charge is 0.402 e. The molecule has 2 aromatic carbocycles. The Hall–Kier alpha value is -1.62. The topological polar surface area (TPSA) is 60.7 Å². The van der Waals surface area contributed by atoms with E-state index in [1.54, 1.807) is 0 Å². The van der Waals surface area contributed by atoms with Crippen molar-refractivity contribution < 1.29 is 15.1 Å². The summed E-state index contributed by atoms with van der Waals surface area (Å²) in [4.78, 5) is 0. The van der Waals surface area contributed by atoms with E-state index in [4.69, 9.17) is 15.1 Å². The Balaban J connectivity index is 0.000000357. The maximum Gasteiger partial charge on any atom is 0.631 e. The molecule has 0 unspecified atom stereocenters. The van der Waals surface area contributed by atoms with E-state index in [2.05, 4.69) is 55.5 Å². The first-order chi connectivity index (χ1) is 8.63. The third-order valence-electron chi connectivity index (χ3n) is 2.47. The van der Waals surface area contributed by atoms with Gasteiger partial charge in [0.1, 0.15) is 0 Å². The molecule has 2 aromatic rings. The molecule has 3 N–H and O–H groups in total. The molecule has 18 heavy (non-hydrogen) atoms. The van der Waals surface area contributed by atoms with Gasteiger partial charge in [-0.2, -0.15) is 0 Å². The lowest BCUT2D eigenvalue weighted by molar-refractivity contribution is 0.278. The average molecular weight is 244 g/mol. The van der Waals surface area contributed by atoms with Gasteiger partial charge in [-0.3, -0.25) is 0 Å². The van der Waals surface area contributed by atoms with Crippen molar-refractivity contribution in [3.63, 3.8) is 0 Å². The van der Waals surface area contributed by atoms with Crippen molar-refractivity contribution in [3.8, 4) is 11.1 Å². The molecule has 0 aliphatic rings. The molecule has 0 bridgehead atoms. The molecule has 0 radical (unpaired) electrons. The third-order valence-corrected chi connectivity index (χ3v) is 2.47. The lowest BCUT2D eigenvalue weighted by Gasteiger charge is -2.02. The second-order valence-corrected chi connectivity index (χ2v) is 3.76. The van der Waals surface area contributed by atoms with E-state index < -0.39 is 7.32 Å². The number of rotatable bonds is 2. The molecule has 0 spiro atoms. The van der Waals surface area contributed by atoms with Crippen molar-refractivity contribution in [1.82, 2.24) is 0 Å². The van der Waals surface area contributed by atoms with Crippen LogP contribution in [0.15, 0.2) is 54.6 Å². The Labute approximate surface area is 108 Å². The summed E-state index contributed by atoms with van der Waals surface area (Å²) in [5, 5.41) is 21.5. The first-order valence-electron chi connectivity index (χ1n) is 5.82. The summed E-state index contributed by atoms with van der Waals surface area (Å²) < 4.78 is 0. The van der Waals surface area contributed by atoms with Crippen LogP contribution in [0.4, 0.5) is 0 Å². The number of aryl methyl sites for hydroxylation is 1. The minimum atomic E-state index is -2.17. The summed E-state index contributed by atoms with van der Waals surface area (Å²) in [5.74, 6) is 0. The van der Waals surface area contributed by atoms with E-state index in [1.165, 1.54) is 16.7 Å². The Morgan fingerprint density at radius 3 is 1.67 bits per heavy atom. The molecule has 94 valence electrons. The van der Waals surface area contributed by atoms with Crippen molar-refractivity contribution >= 4 is 7.32 Å². The van der Waals surface area contributed by atoms with Crippen LogP contribution in [0, 0.1) is 0 Å². The predicted molar refractivity (Wildman–Crippen MR) is 73.7 cm³/mol. The molecular formula is C14H17BO3. The molecule has 0 saturated heterocycles. The number of hydrogen-bond donors (Lipinski definition) is 3. The lowest BCUT2D eigenvalue weighted by atomic mass is 10.0. The molecule has 0 heterocycles. The van der Waals surface area contributed by atoms with Crippen LogP contribution in [-0.4, -0.2) is 22.4 Å². The van der Waals surface area contributed by atoms with E-state index in [9.17, 15) is 0 Å². The van der Waals surface area contributed by atoms with Gasteiger partial charge in [0.15, 0.2) is 0 Å². The molecule has 2 rings (SSSR count). The van der Waals surface area contributed by atoms with Gasteiger partial charge < -0.3 is 15.1 Å². The Kier molecular flexibility index (Phi) is 6.15. The standard InChI is InChI=1S/C14H14.BH3O3/c1-2-12-8-10-14(11-9-12)13-6-4-3-5-7-13;2-1(3)4/h3-11H,2H2,1H3;2-4H. The van der Waals surface area contributed by atoms with Gasteiger partial charge >= 0.3 is 7.32 Å². The van der Waals surface area contributed by atoms with E-state index in [0.29, 0.717) is 0 Å². The largest absolute Gasteiger partial charge is 0.631 e. The maximum absolute atomic E-state index is 7.17. The highest BCUT2D eigenvalue weighted by atomic mass is 16.5. The molecule has 4 heteroatoms. The summed E-state index contributed by atoms with van der Waals surface area (Å²) in [6.07, 6.45) is 1.11. The van der Waals surface area contributed by atoms with E-state index in [1.807, 2.05) is 6.07 Å². The summed E-state index contributed by atoms with van der Waals surface area (Å²) in [6.45, 7) is 2.18. The highest BCUT2D eigenvalue weighted by Gasteiger charge is 1.95. The summed E-state index contributed by atoms with van der Waals surface area (Å²) in [5.41, 5.74) is 3.97. The number of hydrogen-bond acceptors (Lipinski definition) is 3. The van der Waals surface area contributed by atoms with Crippen LogP contribution in [0.1, 0.15) is 12.5 Å². The monoisotopic (exact) mass is 244 g/mol. The van der Waals surface area contributed by atoms with Gasteiger partial charge in [0.25, 0.3) is 0 Å². The lowest BCUT2D eigenvalue weighted by Crippen LogP contribution is -2.07. The summed E-state index contributed by atoms with van der Waals surface area (Å²) in [6, 6.07) is 19.2. The molecule has 0 aliphatic carbocycles. The maximum atomic E-state index is 7.17. The Morgan fingerprint density at radius 2 is 1.22 bits per heavy atom. The van der Waals surface area contributed by atoms with Gasteiger partial charge in [-0.05, 0) is 23.1 Å². The summed E-state index contributed by atoms with van der Waals surface area (Å²) in [7, 11) is -2.17. The highest BCUT2D eigenvalue weighted by molar-refractivity contribution is 6.30. The van der Waals surface area contributed by atoms with Crippen molar-refractivity contribution in [2.75, 3.05) is 0 Å². The number of benzene rings is 2. The van der Waals surface area contributed by atoms with Crippen LogP contribution in [-0.2, 0) is 6.42 Å². The Bertz CT molecular complexity index is 438. The fraction of sp³-hybridized carbons (Fsp3) is 0.143. The van der Waals surface area contributed by atoms with Crippen LogP contribution in [0.5, 0.6) is 0 Å². The van der Waals surface area contributed by atoms with Gasteiger partial charge in [-0.1, -0.05) is 61.5 Å². The quantitative estimate of drug-likeness (QED) is 0.706. The molecule has 0 aliphatic heterocycles. The second kappa shape index (κ2) is 7.66. The second-order valence-electron chi connectivity index (χ2n) is 3.76. The molecule has 0 fully saturated rings. The molecular weight excluding hydrogens is 227 g/mol. The van der Waals surface area contributed by atoms with Gasteiger partial charge in [-0.25, -0.2) is 0 Å². The molecule has 0 amide bonds. The van der Waals surface area contributed by atoms with Gasteiger partial charge in [0.05, 0.1) is 0 Å². The van der Waals surface area contributed by atoms with E-state index in [-0.39, 0.29) is 0 Å². The normalized spacial score (nSPS) is 9.33. The van der Waals surface area contributed by atoms with Gasteiger partial charge in [0.2, 0.25) is 0 Å². The first kappa shape index (κ1) is 14.4. The van der Waals surface area contributed by atoms with Crippen LogP contribution < -0.4 is 0 Å². The van der Waals surface area contributed by atoms with E-state index >= 15 is 0 Å². The van der Waals surface area contributed by atoms with Crippen molar-refractivity contribution in [2.45, 2.75) is 13.3 Å². The van der Waals surface area contributed by atoms with Crippen LogP contribution >= 0.6 is 0 Å². The SMILES string of the molecule is CCc1ccc(-c2ccccc2)cc1.OB(O)O. The zero-order valence-corrected chi connectivity index (χ0v) is 10.3. The fourth-order valence-electron chi connectivity index (χ4n) is 1.56. The van der Waals surface area contributed by atoms with Crippen molar-refractivity contribution in [2.24, 2.45) is 0 Å². The minimum absolute atomic E-state index is 1.11. The predicted octanol–water partition coefficient (Wildman–Crippen LogP) is 1.86. The molecule has 0 saturated carbocycles. The first-order valence-corrected chi connectivity index (χ1v) is 5.82. The zero-order chi connectivity index (χ0) is 13.4. The van der Waals surface area contributed by atoms with Gasteiger partial charge in [0, 0.05) is 0 Å². The van der Waals surface area contributed by atoms with Gasteiger partial charge in [-0.15, -0.1) is 0 Å². The highest BCUT2D eigenvalue weighted by Crippen LogP contribution is 2.19. The van der Waals surface area contributed by atoms with Crippen LogP contribution in [0.2, 0.25) is 0 Å². The Morgan fingerprint density at radius 1 is 0.778 bits per heavy atom. The zero-order valence-electron chi connectivity index (χ0n) is 10.3. The molecule has 3 nitrogen and oxygen atoms in total. The summed E-state index contributed by atoms with van der Waals surface area (Å²) >= 11 is 0. The van der Waals surface area contributed by atoms with Crippen LogP contribution in [0.25, 0.3) is 11.1 Å². The average Bonchev–Trinajstić information content (AvgIpc) is 2.39. The van der Waals surface area contributed by atoms with E-state index in [0.717, 1.165) is 6.42 Å². The minimum Gasteiger partial charge on any atom is -0.402 e. The molecule has 0 aromatic heterocycles. The third kappa shape index (κ3) is 5.14. The van der Waals surface area contributed by atoms with Crippen molar-refractivity contribution in [3.05, 3.63) is 60.2 Å². The molecule has 0 atom stereocenters.